The normalized spacial score (nSPS) is 11.1. The number of aryl methyl sites for hydroxylation is 2. The summed E-state index contributed by atoms with van der Waals surface area (Å²) in [5.41, 5.74) is 5.70. The molecule has 1 heterocycles. The van der Waals surface area contributed by atoms with Crippen molar-refractivity contribution in [1.82, 2.24) is 10.3 Å². The average molecular weight is 292 g/mol. The van der Waals surface area contributed by atoms with Gasteiger partial charge < -0.3 is 10.2 Å². The van der Waals surface area contributed by atoms with Crippen LogP contribution in [0.15, 0.2) is 12.1 Å². The highest BCUT2D eigenvalue weighted by molar-refractivity contribution is 6.32. The summed E-state index contributed by atoms with van der Waals surface area (Å²) in [6.07, 6.45) is 0.973. The maximum atomic E-state index is 6.23. The summed E-state index contributed by atoms with van der Waals surface area (Å²) in [5, 5.41) is 5.16. The number of fused-ring (bicyclic) bond motifs is 1. The van der Waals surface area contributed by atoms with Crippen LogP contribution in [0, 0.1) is 13.8 Å². The molecule has 2 aromatic rings. The minimum atomic E-state index is 0.775. The van der Waals surface area contributed by atoms with Gasteiger partial charge in [0.15, 0.2) is 0 Å². The van der Waals surface area contributed by atoms with E-state index in [0.717, 1.165) is 34.8 Å². The molecule has 0 spiro atoms. The third-order valence-corrected chi connectivity index (χ3v) is 4.10. The van der Waals surface area contributed by atoms with Crippen molar-refractivity contribution < 1.29 is 0 Å². The zero-order valence-electron chi connectivity index (χ0n) is 12.8. The predicted octanol–water partition coefficient (Wildman–Crippen LogP) is 3.33. The molecule has 0 aliphatic heterocycles. The van der Waals surface area contributed by atoms with E-state index in [1.54, 1.807) is 0 Å². The molecule has 0 saturated heterocycles. The van der Waals surface area contributed by atoms with Crippen molar-refractivity contribution in [2.24, 2.45) is 0 Å². The van der Waals surface area contributed by atoms with E-state index in [1.165, 1.54) is 16.6 Å². The minimum absolute atomic E-state index is 0.775. The molecule has 0 saturated carbocycles. The number of anilines is 1. The van der Waals surface area contributed by atoms with Crippen molar-refractivity contribution in [2.75, 3.05) is 32.6 Å². The van der Waals surface area contributed by atoms with Crippen LogP contribution in [0.25, 0.3) is 10.9 Å². The van der Waals surface area contributed by atoms with E-state index in [2.05, 4.69) is 37.3 Å². The Labute approximate surface area is 126 Å². The Balaban J connectivity index is 2.78. The zero-order chi connectivity index (χ0) is 14.9. The molecule has 0 amide bonds. The van der Waals surface area contributed by atoms with Crippen molar-refractivity contribution in [3.8, 4) is 0 Å². The number of hydrogen-bond acceptors (Lipinski definition) is 3. The van der Waals surface area contributed by atoms with Crippen molar-refractivity contribution in [3.63, 3.8) is 0 Å². The molecular formula is C16H22ClN3. The maximum absolute atomic E-state index is 6.23. The van der Waals surface area contributed by atoms with Crippen molar-refractivity contribution in [1.29, 1.82) is 0 Å². The lowest BCUT2D eigenvalue weighted by atomic mass is 10.0. The number of nitrogens with one attached hydrogen (secondary N) is 1. The summed E-state index contributed by atoms with van der Waals surface area (Å²) in [6.45, 7) is 5.06. The molecule has 0 aliphatic rings. The van der Waals surface area contributed by atoms with Crippen LogP contribution in [0.2, 0.25) is 5.02 Å². The molecule has 0 radical (unpaired) electrons. The quantitative estimate of drug-likeness (QED) is 0.936. The summed E-state index contributed by atoms with van der Waals surface area (Å²) in [7, 11) is 6.14. The fraction of sp³-hybridized carbons (Fsp3) is 0.438. The Kier molecular flexibility index (Phi) is 4.51. The molecule has 108 valence electrons. The topological polar surface area (TPSA) is 28.2 Å². The highest BCUT2D eigenvalue weighted by Gasteiger charge is 2.16. The first kappa shape index (κ1) is 15.1. The lowest BCUT2D eigenvalue weighted by molar-refractivity contribution is 0.784. The fourth-order valence-electron chi connectivity index (χ4n) is 2.64. The number of aromatic nitrogens is 1. The number of halogens is 1. The minimum Gasteiger partial charge on any atom is -0.377 e. The number of nitrogens with zero attached hydrogens (tertiary/aromatic N) is 2. The maximum Gasteiger partial charge on any atom is 0.0770 e. The van der Waals surface area contributed by atoms with Crippen molar-refractivity contribution in [3.05, 3.63) is 34.0 Å². The van der Waals surface area contributed by atoms with Gasteiger partial charge >= 0.3 is 0 Å². The van der Waals surface area contributed by atoms with Crippen LogP contribution in [0.4, 0.5) is 5.69 Å². The second-order valence-electron chi connectivity index (χ2n) is 5.34. The van der Waals surface area contributed by atoms with Gasteiger partial charge in [0.25, 0.3) is 0 Å². The first-order valence-electron chi connectivity index (χ1n) is 6.87. The molecule has 0 atom stereocenters. The molecule has 2 rings (SSSR count). The summed E-state index contributed by atoms with van der Waals surface area (Å²) < 4.78 is 0. The molecule has 1 N–H and O–H groups in total. The van der Waals surface area contributed by atoms with Gasteiger partial charge in [0, 0.05) is 30.2 Å². The lowest BCUT2D eigenvalue weighted by Gasteiger charge is -2.22. The molecule has 3 nitrogen and oxygen atoms in total. The van der Waals surface area contributed by atoms with E-state index < -0.39 is 0 Å². The Morgan fingerprint density at radius 2 is 1.95 bits per heavy atom. The van der Waals surface area contributed by atoms with E-state index in [-0.39, 0.29) is 0 Å². The summed E-state index contributed by atoms with van der Waals surface area (Å²) in [4.78, 5) is 6.97. The second-order valence-corrected chi connectivity index (χ2v) is 5.75. The number of pyridine rings is 1. The van der Waals surface area contributed by atoms with Crippen LogP contribution >= 0.6 is 11.6 Å². The van der Waals surface area contributed by atoms with Crippen LogP contribution in [0.1, 0.15) is 16.8 Å². The molecule has 0 unspecified atom stereocenters. The van der Waals surface area contributed by atoms with E-state index in [4.69, 9.17) is 16.6 Å². The molecule has 20 heavy (non-hydrogen) atoms. The van der Waals surface area contributed by atoms with Crippen LogP contribution in [-0.4, -0.2) is 32.7 Å². The van der Waals surface area contributed by atoms with Gasteiger partial charge in [0.1, 0.15) is 0 Å². The Bertz CT molecular complexity index is 635. The Morgan fingerprint density at radius 1 is 1.25 bits per heavy atom. The average Bonchev–Trinajstić information content (AvgIpc) is 2.40. The largest absolute Gasteiger partial charge is 0.377 e. The SMILES string of the molecule is CNCCc1c(C)nc2c(C)c(Cl)ccc2c1N(C)C. The third-order valence-electron chi connectivity index (χ3n) is 3.69. The Hall–Kier alpha value is -1.32. The number of rotatable bonds is 4. The number of benzene rings is 1. The highest BCUT2D eigenvalue weighted by atomic mass is 35.5. The standard InChI is InChI=1S/C16H22ClN3/c1-10-14(17)7-6-13-15(10)19-11(2)12(8-9-18-3)16(13)20(4)5/h6-7,18H,8-9H2,1-5H3. The monoisotopic (exact) mass is 291 g/mol. The van der Waals surface area contributed by atoms with E-state index >= 15 is 0 Å². The molecule has 4 heteroatoms. The molecule has 0 aliphatic carbocycles. The van der Waals surface area contributed by atoms with Gasteiger partial charge in [-0.3, -0.25) is 4.98 Å². The molecule has 1 aromatic heterocycles. The number of hydrogen-bond donors (Lipinski definition) is 1. The highest BCUT2D eigenvalue weighted by Crippen LogP contribution is 2.34. The lowest BCUT2D eigenvalue weighted by Crippen LogP contribution is -2.18. The van der Waals surface area contributed by atoms with Crippen LogP contribution < -0.4 is 10.2 Å². The van der Waals surface area contributed by atoms with E-state index in [0.29, 0.717) is 0 Å². The van der Waals surface area contributed by atoms with E-state index in [9.17, 15) is 0 Å². The van der Waals surface area contributed by atoms with E-state index in [1.807, 2.05) is 20.0 Å². The van der Waals surface area contributed by atoms with Crippen molar-refractivity contribution in [2.45, 2.75) is 20.3 Å². The predicted molar refractivity (Wildman–Crippen MR) is 88.2 cm³/mol. The van der Waals surface area contributed by atoms with Gasteiger partial charge in [0.2, 0.25) is 0 Å². The first-order valence-corrected chi connectivity index (χ1v) is 7.25. The van der Waals surface area contributed by atoms with Gasteiger partial charge in [-0.1, -0.05) is 11.6 Å². The van der Waals surface area contributed by atoms with Crippen molar-refractivity contribution >= 4 is 28.2 Å². The van der Waals surface area contributed by atoms with Gasteiger partial charge in [0.05, 0.1) is 11.2 Å². The smallest absolute Gasteiger partial charge is 0.0770 e. The summed E-state index contributed by atoms with van der Waals surface area (Å²) in [5.74, 6) is 0. The van der Waals surface area contributed by atoms with Crippen LogP contribution in [0.5, 0.6) is 0 Å². The van der Waals surface area contributed by atoms with Gasteiger partial charge in [-0.25, -0.2) is 0 Å². The second kappa shape index (κ2) is 5.98. The molecule has 0 bridgehead atoms. The fourth-order valence-corrected chi connectivity index (χ4v) is 2.79. The molecule has 0 fully saturated rings. The molecular weight excluding hydrogens is 270 g/mol. The zero-order valence-corrected chi connectivity index (χ0v) is 13.6. The first-order chi connectivity index (χ1) is 9.47. The van der Waals surface area contributed by atoms with Gasteiger partial charge in [-0.2, -0.15) is 0 Å². The number of likely N-dealkylation sites (N-methyl/N-ethyl adjacent to an activating group) is 1. The van der Waals surface area contributed by atoms with Gasteiger partial charge in [-0.15, -0.1) is 0 Å². The van der Waals surface area contributed by atoms with Gasteiger partial charge in [-0.05, 0) is 57.1 Å². The van der Waals surface area contributed by atoms with Crippen LogP contribution in [-0.2, 0) is 6.42 Å². The Morgan fingerprint density at radius 3 is 2.55 bits per heavy atom. The summed E-state index contributed by atoms with van der Waals surface area (Å²) >= 11 is 6.23. The molecule has 1 aromatic carbocycles. The van der Waals surface area contributed by atoms with Crippen LogP contribution in [0.3, 0.4) is 0 Å². The summed E-state index contributed by atoms with van der Waals surface area (Å²) in [6, 6.07) is 4.04. The third kappa shape index (κ3) is 2.60.